The maximum Gasteiger partial charge on any atom is 0.407 e. The molecule has 3 heterocycles. The van der Waals surface area contributed by atoms with Gasteiger partial charge in [-0.05, 0) is 23.8 Å². The normalized spacial score (nSPS) is 18.6. The highest BCUT2D eigenvalue weighted by molar-refractivity contribution is 5.70. The zero-order valence-corrected chi connectivity index (χ0v) is 13.4. The second-order valence-corrected chi connectivity index (χ2v) is 5.60. The molecule has 0 saturated carbocycles. The summed E-state index contributed by atoms with van der Waals surface area (Å²) in [6.07, 6.45) is 3.05. The van der Waals surface area contributed by atoms with Crippen LogP contribution in [0.5, 0.6) is 0 Å². The lowest BCUT2D eigenvalue weighted by atomic mass is 10.1. The number of nitrogens with zero attached hydrogens (tertiary/aromatic N) is 1. The van der Waals surface area contributed by atoms with Crippen LogP contribution in [0.2, 0.25) is 0 Å². The van der Waals surface area contributed by atoms with Gasteiger partial charge in [-0.15, -0.1) is 0 Å². The first-order valence-corrected chi connectivity index (χ1v) is 7.89. The van der Waals surface area contributed by atoms with Gasteiger partial charge < -0.3 is 14.8 Å². The molecule has 4 rings (SSSR count). The third-order valence-corrected chi connectivity index (χ3v) is 3.63. The lowest BCUT2D eigenvalue weighted by Crippen LogP contribution is -2.25. The monoisotopic (exact) mass is 340 g/mol. The first-order chi connectivity index (χ1) is 12.2. The highest BCUT2D eigenvalue weighted by Crippen LogP contribution is 2.18. The van der Waals surface area contributed by atoms with Crippen molar-refractivity contribution < 1.29 is 18.7 Å². The number of halogens is 1. The predicted molar refractivity (Wildman–Crippen MR) is 89.0 cm³/mol. The highest BCUT2D eigenvalue weighted by atomic mass is 19.1. The molecule has 0 aliphatic carbocycles. The number of hydrogen-bond donors (Lipinski definition) is 1. The number of rotatable bonds is 1. The number of nitrogens with one attached hydrogen (secondary N) is 1. The Balaban J connectivity index is 0.000000219. The first-order valence-electron chi connectivity index (χ1n) is 7.89. The molecule has 128 valence electrons. The van der Waals surface area contributed by atoms with Gasteiger partial charge >= 0.3 is 6.09 Å². The molecule has 5 nitrogen and oxygen atoms in total. The molecule has 2 fully saturated rings. The average molecular weight is 340 g/mol. The minimum absolute atomic E-state index is 0.126. The van der Waals surface area contributed by atoms with E-state index in [2.05, 4.69) is 22.1 Å². The topological polar surface area (TPSA) is 60.5 Å². The first kappa shape index (κ1) is 16.9. The molecule has 1 aromatic heterocycles. The van der Waals surface area contributed by atoms with Crippen molar-refractivity contribution in [3.05, 3.63) is 65.7 Å². The van der Waals surface area contributed by atoms with Crippen molar-refractivity contribution in [2.24, 2.45) is 5.92 Å². The molecule has 2 saturated heterocycles. The Hall–Kier alpha value is -2.91. The molecule has 2 aromatic rings. The fraction of sp³-hybridized carbons (Fsp3) is 0.263. The molecule has 0 spiro atoms. The number of alkyl carbamates (subject to hydrolysis) is 1. The molecule has 25 heavy (non-hydrogen) atoms. The van der Waals surface area contributed by atoms with E-state index in [-0.39, 0.29) is 18.0 Å². The Morgan fingerprint density at radius 3 is 2.52 bits per heavy atom. The molecule has 1 amide bonds. The molecule has 0 bridgehead atoms. The van der Waals surface area contributed by atoms with Crippen LogP contribution in [0.3, 0.4) is 0 Å². The van der Waals surface area contributed by atoms with E-state index in [9.17, 15) is 9.18 Å². The van der Waals surface area contributed by atoms with Gasteiger partial charge in [0.1, 0.15) is 12.4 Å². The van der Waals surface area contributed by atoms with Crippen LogP contribution in [-0.2, 0) is 9.47 Å². The van der Waals surface area contributed by atoms with E-state index in [1.165, 1.54) is 12.1 Å². The summed E-state index contributed by atoms with van der Waals surface area (Å²) in [7, 11) is 0. The Bertz CT molecular complexity index is 782. The van der Waals surface area contributed by atoms with Gasteiger partial charge in [0.15, 0.2) is 0 Å². The standard InChI is InChI=1S/C13H12N2O3.C6H5F/c16-13-15-12(8-18-13)11-3-9(4-14-5-11)1-2-10-6-17-7-10;7-6-4-2-1-3-5-6/h3-5,10,12H,6-8H2,(H,15,16);1-5H. The molecule has 2 aliphatic heterocycles. The molecular formula is C19H17FN2O3. The summed E-state index contributed by atoms with van der Waals surface area (Å²) < 4.78 is 21.8. The number of ether oxygens (including phenoxy) is 2. The zero-order valence-electron chi connectivity index (χ0n) is 13.4. The van der Waals surface area contributed by atoms with Crippen LogP contribution in [0.1, 0.15) is 17.2 Å². The fourth-order valence-electron chi connectivity index (χ4n) is 2.20. The lowest BCUT2D eigenvalue weighted by Gasteiger charge is -2.19. The van der Waals surface area contributed by atoms with Gasteiger partial charge in [0.05, 0.1) is 25.2 Å². The quantitative estimate of drug-likeness (QED) is 0.811. The molecule has 0 radical (unpaired) electrons. The minimum Gasteiger partial charge on any atom is -0.447 e. The van der Waals surface area contributed by atoms with Crippen molar-refractivity contribution in [2.45, 2.75) is 6.04 Å². The zero-order chi connectivity index (χ0) is 17.5. The second kappa shape index (κ2) is 8.27. The Morgan fingerprint density at radius 2 is 1.96 bits per heavy atom. The summed E-state index contributed by atoms with van der Waals surface area (Å²) in [5, 5.41) is 2.72. The van der Waals surface area contributed by atoms with Gasteiger partial charge in [0, 0.05) is 18.0 Å². The Labute approximate surface area is 145 Å². The molecule has 1 N–H and O–H groups in total. The summed E-state index contributed by atoms with van der Waals surface area (Å²) in [6.45, 7) is 1.77. The number of benzene rings is 1. The number of pyridine rings is 1. The number of cyclic esters (lactones) is 1. The third kappa shape index (κ3) is 5.03. The number of aromatic nitrogens is 1. The predicted octanol–water partition coefficient (Wildman–Crippen LogP) is 2.69. The van der Waals surface area contributed by atoms with Crippen molar-refractivity contribution in [1.82, 2.24) is 10.3 Å². The van der Waals surface area contributed by atoms with Gasteiger partial charge in [-0.25, -0.2) is 9.18 Å². The van der Waals surface area contributed by atoms with Crippen LogP contribution < -0.4 is 5.32 Å². The van der Waals surface area contributed by atoms with Crippen LogP contribution in [0, 0.1) is 23.6 Å². The molecule has 1 unspecified atom stereocenters. The van der Waals surface area contributed by atoms with Gasteiger partial charge in [-0.1, -0.05) is 30.0 Å². The average Bonchev–Trinajstić information content (AvgIpc) is 3.02. The molecule has 6 heteroatoms. The van der Waals surface area contributed by atoms with Crippen molar-refractivity contribution in [3.63, 3.8) is 0 Å². The minimum atomic E-state index is -0.386. The molecule has 1 atom stereocenters. The summed E-state index contributed by atoms with van der Waals surface area (Å²) >= 11 is 0. The Morgan fingerprint density at radius 1 is 1.16 bits per heavy atom. The summed E-state index contributed by atoms with van der Waals surface area (Å²) in [5.41, 5.74) is 1.76. The highest BCUT2D eigenvalue weighted by Gasteiger charge is 2.24. The van der Waals surface area contributed by atoms with Gasteiger partial charge in [0.25, 0.3) is 0 Å². The summed E-state index contributed by atoms with van der Waals surface area (Å²) in [4.78, 5) is 15.1. The number of carbonyl (C=O) groups is 1. The lowest BCUT2D eigenvalue weighted by molar-refractivity contribution is -0.00300. The van der Waals surface area contributed by atoms with Crippen molar-refractivity contribution in [1.29, 1.82) is 0 Å². The molecule has 2 aliphatic rings. The van der Waals surface area contributed by atoms with Crippen LogP contribution in [0.25, 0.3) is 0 Å². The van der Waals surface area contributed by atoms with E-state index in [4.69, 9.17) is 9.47 Å². The smallest absolute Gasteiger partial charge is 0.407 e. The van der Waals surface area contributed by atoms with Gasteiger partial charge in [0.2, 0.25) is 0 Å². The van der Waals surface area contributed by atoms with Crippen LogP contribution in [0.15, 0.2) is 48.8 Å². The van der Waals surface area contributed by atoms with E-state index in [0.717, 1.165) is 11.1 Å². The maximum absolute atomic E-state index is 11.9. The van der Waals surface area contributed by atoms with Gasteiger partial charge in [-0.2, -0.15) is 0 Å². The SMILES string of the molecule is Fc1ccccc1.O=C1NC(c2cncc(C#CC3COC3)c2)CO1. The second-order valence-electron chi connectivity index (χ2n) is 5.60. The van der Waals surface area contributed by atoms with E-state index in [1.54, 1.807) is 30.6 Å². The number of amides is 1. The van der Waals surface area contributed by atoms with Crippen molar-refractivity contribution >= 4 is 6.09 Å². The van der Waals surface area contributed by atoms with E-state index < -0.39 is 0 Å². The maximum atomic E-state index is 11.9. The third-order valence-electron chi connectivity index (χ3n) is 3.63. The number of carbonyl (C=O) groups excluding carboxylic acids is 1. The van der Waals surface area contributed by atoms with E-state index in [0.29, 0.717) is 25.7 Å². The van der Waals surface area contributed by atoms with Crippen LogP contribution in [-0.4, -0.2) is 30.9 Å². The summed E-state index contributed by atoms with van der Waals surface area (Å²) in [6, 6.07) is 9.74. The van der Waals surface area contributed by atoms with E-state index in [1.807, 2.05) is 6.07 Å². The van der Waals surface area contributed by atoms with Crippen LogP contribution >= 0.6 is 0 Å². The van der Waals surface area contributed by atoms with Gasteiger partial charge in [-0.3, -0.25) is 4.98 Å². The van der Waals surface area contributed by atoms with Crippen molar-refractivity contribution in [2.75, 3.05) is 19.8 Å². The largest absolute Gasteiger partial charge is 0.447 e. The molecule has 1 aromatic carbocycles. The fourth-order valence-corrected chi connectivity index (χ4v) is 2.20. The number of hydrogen-bond acceptors (Lipinski definition) is 4. The van der Waals surface area contributed by atoms with Crippen LogP contribution in [0.4, 0.5) is 9.18 Å². The van der Waals surface area contributed by atoms with E-state index >= 15 is 0 Å². The van der Waals surface area contributed by atoms with Crippen molar-refractivity contribution in [3.8, 4) is 11.8 Å². The molecular weight excluding hydrogens is 323 g/mol. The Kier molecular flexibility index (Phi) is 5.60. The summed E-state index contributed by atoms with van der Waals surface area (Å²) in [5.74, 6) is 6.36.